The van der Waals surface area contributed by atoms with Gasteiger partial charge in [-0.05, 0) is 54.5 Å². The van der Waals surface area contributed by atoms with Crippen LogP contribution in [0.3, 0.4) is 0 Å². The average Bonchev–Trinajstić information content (AvgIpc) is 2.62. The molecule has 0 unspecified atom stereocenters. The van der Waals surface area contributed by atoms with E-state index in [9.17, 15) is 0 Å². The number of rotatable bonds is 4. The molecule has 0 aromatic heterocycles. The van der Waals surface area contributed by atoms with E-state index in [0.29, 0.717) is 5.11 Å². The number of benzene rings is 2. The first kappa shape index (κ1) is 16.4. The molecule has 5 nitrogen and oxygen atoms in total. The van der Waals surface area contributed by atoms with Crippen molar-refractivity contribution < 1.29 is 4.74 Å². The average molecular weight is 340 g/mol. The van der Waals surface area contributed by atoms with Gasteiger partial charge in [-0.2, -0.15) is 5.10 Å². The van der Waals surface area contributed by atoms with E-state index in [2.05, 4.69) is 27.2 Å². The topological polar surface area (TPSA) is 57.7 Å². The molecule has 0 atom stereocenters. The Hall–Kier alpha value is -2.44. The van der Waals surface area contributed by atoms with Gasteiger partial charge in [0.05, 0.1) is 13.3 Å². The van der Waals surface area contributed by atoms with E-state index in [0.717, 1.165) is 36.5 Å². The zero-order chi connectivity index (χ0) is 16.8. The van der Waals surface area contributed by atoms with Crippen molar-refractivity contribution in [3.63, 3.8) is 0 Å². The summed E-state index contributed by atoms with van der Waals surface area (Å²) in [4.78, 5) is 0. The molecule has 0 fully saturated rings. The highest BCUT2D eigenvalue weighted by atomic mass is 32.1. The van der Waals surface area contributed by atoms with Gasteiger partial charge in [-0.1, -0.05) is 24.3 Å². The van der Waals surface area contributed by atoms with Gasteiger partial charge in [-0.15, -0.1) is 0 Å². The molecule has 1 aliphatic rings. The molecule has 1 heterocycles. The molecule has 3 N–H and O–H groups in total. The van der Waals surface area contributed by atoms with Crippen molar-refractivity contribution in [2.75, 3.05) is 19.0 Å². The van der Waals surface area contributed by atoms with Crippen LogP contribution in [0.4, 0.5) is 5.69 Å². The molecular weight excluding hydrogens is 320 g/mol. The number of hydrogen-bond donors (Lipinski definition) is 3. The Morgan fingerprint density at radius 2 is 2.12 bits per heavy atom. The molecule has 0 bridgehead atoms. The van der Waals surface area contributed by atoms with Gasteiger partial charge in [0.1, 0.15) is 5.75 Å². The van der Waals surface area contributed by atoms with Crippen molar-refractivity contribution in [3.8, 4) is 5.75 Å². The van der Waals surface area contributed by atoms with Crippen LogP contribution in [-0.2, 0) is 13.0 Å². The number of methoxy groups -OCH3 is 1. The first-order chi connectivity index (χ1) is 11.8. The molecule has 1 aliphatic heterocycles. The standard InChI is InChI=1S/C18H20N4OS/c1-23-17-8-3-2-5-14(17)12-20-22-18(24)21-16-7-4-6-13-11-19-10-9-15(13)16/h2-8,12,19H,9-11H2,1H3,(H2,21,22,24)/b20-12+. The van der Waals surface area contributed by atoms with E-state index in [-0.39, 0.29) is 0 Å². The zero-order valence-corrected chi connectivity index (χ0v) is 14.3. The van der Waals surface area contributed by atoms with E-state index in [1.54, 1.807) is 13.3 Å². The van der Waals surface area contributed by atoms with Gasteiger partial charge >= 0.3 is 0 Å². The summed E-state index contributed by atoms with van der Waals surface area (Å²) in [5.41, 5.74) is 7.41. The molecule has 124 valence electrons. The summed E-state index contributed by atoms with van der Waals surface area (Å²) >= 11 is 5.33. The highest BCUT2D eigenvalue weighted by Gasteiger charge is 2.12. The molecule has 24 heavy (non-hydrogen) atoms. The second-order valence-corrected chi connectivity index (χ2v) is 5.84. The van der Waals surface area contributed by atoms with Crippen LogP contribution in [0.25, 0.3) is 0 Å². The number of nitrogens with one attached hydrogen (secondary N) is 3. The first-order valence-corrected chi connectivity index (χ1v) is 8.23. The van der Waals surface area contributed by atoms with Gasteiger partial charge in [0.15, 0.2) is 5.11 Å². The monoisotopic (exact) mass is 340 g/mol. The Kier molecular flexibility index (Phi) is 5.40. The van der Waals surface area contributed by atoms with Crippen LogP contribution in [0, 0.1) is 0 Å². The number of hydrazone groups is 1. The minimum atomic E-state index is 0.466. The lowest BCUT2D eigenvalue weighted by atomic mass is 9.99. The van der Waals surface area contributed by atoms with E-state index < -0.39 is 0 Å². The molecule has 0 saturated carbocycles. The smallest absolute Gasteiger partial charge is 0.191 e. The SMILES string of the molecule is COc1ccccc1/C=N/NC(=S)Nc1cccc2c1CCNC2. The molecule has 0 amide bonds. The maximum atomic E-state index is 5.33. The maximum absolute atomic E-state index is 5.33. The van der Waals surface area contributed by atoms with Crippen molar-refractivity contribution in [2.45, 2.75) is 13.0 Å². The molecule has 2 aromatic carbocycles. The molecule has 0 saturated heterocycles. The van der Waals surface area contributed by atoms with Crippen molar-refractivity contribution in [3.05, 3.63) is 59.2 Å². The summed E-state index contributed by atoms with van der Waals surface area (Å²) in [6, 6.07) is 13.9. The first-order valence-electron chi connectivity index (χ1n) is 7.82. The predicted octanol–water partition coefficient (Wildman–Crippen LogP) is 2.66. The Bertz CT molecular complexity index is 760. The van der Waals surface area contributed by atoms with Crippen molar-refractivity contribution in [1.82, 2.24) is 10.7 Å². The summed E-state index contributed by atoms with van der Waals surface area (Å²) < 4.78 is 5.29. The number of anilines is 1. The Morgan fingerprint density at radius 3 is 3.00 bits per heavy atom. The number of hydrogen-bond acceptors (Lipinski definition) is 4. The lowest BCUT2D eigenvalue weighted by Crippen LogP contribution is -2.28. The molecule has 0 aliphatic carbocycles. The highest BCUT2D eigenvalue weighted by molar-refractivity contribution is 7.80. The summed E-state index contributed by atoms with van der Waals surface area (Å²) in [6.45, 7) is 1.88. The van der Waals surface area contributed by atoms with Crippen LogP contribution in [-0.4, -0.2) is 25.0 Å². The minimum absolute atomic E-state index is 0.466. The van der Waals surface area contributed by atoms with Gasteiger partial charge in [-0.25, -0.2) is 0 Å². The summed E-state index contributed by atoms with van der Waals surface area (Å²) in [5.74, 6) is 0.770. The van der Waals surface area contributed by atoms with Gasteiger partial charge < -0.3 is 15.4 Å². The van der Waals surface area contributed by atoms with Gasteiger partial charge in [0, 0.05) is 17.8 Å². The lowest BCUT2D eigenvalue weighted by Gasteiger charge is -2.21. The fraction of sp³-hybridized carbons (Fsp3) is 0.222. The summed E-state index contributed by atoms with van der Waals surface area (Å²) in [5, 5.41) is 11.3. The maximum Gasteiger partial charge on any atom is 0.191 e. The van der Waals surface area contributed by atoms with Crippen molar-refractivity contribution in [1.29, 1.82) is 0 Å². The third-order valence-electron chi connectivity index (χ3n) is 3.90. The lowest BCUT2D eigenvalue weighted by molar-refractivity contribution is 0.414. The summed E-state index contributed by atoms with van der Waals surface area (Å²) in [7, 11) is 1.64. The van der Waals surface area contributed by atoms with Crippen LogP contribution >= 0.6 is 12.2 Å². The second-order valence-electron chi connectivity index (χ2n) is 5.44. The van der Waals surface area contributed by atoms with Crippen molar-refractivity contribution in [2.24, 2.45) is 5.10 Å². The summed E-state index contributed by atoms with van der Waals surface area (Å²) in [6.07, 6.45) is 2.68. The Balaban J connectivity index is 1.63. The van der Waals surface area contributed by atoms with E-state index in [1.807, 2.05) is 36.4 Å². The molecule has 2 aromatic rings. The third kappa shape index (κ3) is 3.90. The highest BCUT2D eigenvalue weighted by Crippen LogP contribution is 2.23. The normalized spacial score (nSPS) is 13.4. The third-order valence-corrected chi connectivity index (χ3v) is 4.09. The fourth-order valence-electron chi connectivity index (χ4n) is 2.73. The van der Waals surface area contributed by atoms with Gasteiger partial charge in [0.2, 0.25) is 0 Å². The van der Waals surface area contributed by atoms with E-state index >= 15 is 0 Å². The second kappa shape index (κ2) is 7.90. The number of ether oxygens (including phenoxy) is 1. The number of fused-ring (bicyclic) bond motifs is 1. The minimum Gasteiger partial charge on any atom is -0.496 e. The molecule has 6 heteroatoms. The van der Waals surface area contributed by atoms with E-state index in [4.69, 9.17) is 17.0 Å². The zero-order valence-electron chi connectivity index (χ0n) is 13.5. The number of nitrogens with zero attached hydrogens (tertiary/aromatic N) is 1. The molecular formula is C18H20N4OS. The fourth-order valence-corrected chi connectivity index (χ4v) is 2.90. The van der Waals surface area contributed by atoms with Crippen LogP contribution in [0.5, 0.6) is 5.75 Å². The number of para-hydroxylation sites is 1. The van der Waals surface area contributed by atoms with Crippen LogP contribution in [0.2, 0.25) is 0 Å². The van der Waals surface area contributed by atoms with Crippen LogP contribution in [0.15, 0.2) is 47.6 Å². The van der Waals surface area contributed by atoms with Crippen molar-refractivity contribution >= 4 is 29.2 Å². The largest absolute Gasteiger partial charge is 0.496 e. The Labute approximate surface area is 147 Å². The van der Waals surface area contributed by atoms with E-state index in [1.165, 1.54) is 11.1 Å². The quantitative estimate of drug-likeness (QED) is 0.454. The Morgan fingerprint density at radius 1 is 1.25 bits per heavy atom. The number of thiocarbonyl (C=S) groups is 1. The van der Waals surface area contributed by atoms with Crippen LogP contribution < -0.4 is 20.8 Å². The predicted molar refractivity (Wildman–Crippen MR) is 102 cm³/mol. The van der Waals surface area contributed by atoms with Crippen LogP contribution in [0.1, 0.15) is 16.7 Å². The van der Waals surface area contributed by atoms with Gasteiger partial charge in [0.25, 0.3) is 0 Å². The molecule has 0 spiro atoms. The molecule has 0 radical (unpaired) electrons. The van der Waals surface area contributed by atoms with Gasteiger partial charge in [-0.3, -0.25) is 5.43 Å². The molecule has 3 rings (SSSR count).